The minimum absolute atomic E-state index is 0.539. The number of imidazole rings is 1. The number of fused-ring (bicyclic) bond motifs is 1. The van der Waals surface area contributed by atoms with E-state index in [1.807, 2.05) is 55.5 Å². The van der Waals surface area contributed by atoms with Crippen molar-refractivity contribution in [3.8, 4) is 5.75 Å². The summed E-state index contributed by atoms with van der Waals surface area (Å²) >= 11 is 0. The van der Waals surface area contributed by atoms with E-state index in [1.54, 1.807) is 0 Å². The number of aryl methyl sites for hydroxylation is 1. The lowest BCUT2D eigenvalue weighted by molar-refractivity contribution is 0.151. The Bertz CT molecular complexity index is 810. The van der Waals surface area contributed by atoms with Crippen LogP contribution in [-0.4, -0.2) is 21.3 Å². The molecule has 1 heterocycles. The van der Waals surface area contributed by atoms with Gasteiger partial charge < -0.3 is 14.4 Å². The summed E-state index contributed by atoms with van der Waals surface area (Å²) in [6.45, 7) is 5.30. The summed E-state index contributed by atoms with van der Waals surface area (Å²) in [5, 5.41) is 10.4. The van der Waals surface area contributed by atoms with E-state index in [4.69, 9.17) is 4.74 Å². The van der Waals surface area contributed by atoms with Gasteiger partial charge in [-0.15, -0.1) is 0 Å². The summed E-state index contributed by atoms with van der Waals surface area (Å²) in [5.41, 5.74) is 3.08. The van der Waals surface area contributed by atoms with Crippen LogP contribution < -0.4 is 4.74 Å². The van der Waals surface area contributed by atoms with Crippen molar-refractivity contribution in [3.05, 3.63) is 59.9 Å². The van der Waals surface area contributed by atoms with E-state index >= 15 is 0 Å². The van der Waals surface area contributed by atoms with E-state index in [0.29, 0.717) is 19.6 Å². The number of para-hydroxylation sites is 3. The first kappa shape index (κ1) is 16.5. The second-order valence-electron chi connectivity index (χ2n) is 6.03. The maximum Gasteiger partial charge on any atom is 0.138 e. The topological polar surface area (TPSA) is 47.3 Å². The molecule has 0 spiro atoms. The van der Waals surface area contributed by atoms with Crippen LogP contribution in [0.4, 0.5) is 0 Å². The van der Waals surface area contributed by atoms with Gasteiger partial charge in [-0.2, -0.15) is 0 Å². The third kappa shape index (κ3) is 3.44. The molecule has 4 nitrogen and oxygen atoms in total. The molecule has 0 amide bonds. The lowest BCUT2D eigenvalue weighted by Crippen LogP contribution is -2.14. The molecule has 0 aliphatic carbocycles. The molecule has 24 heavy (non-hydrogen) atoms. The number of hydrogen-bond acceptors (Lipinski definition) is 3. The molecular formula is C20H24N2O2. The van der Waals surface area contributed by atoms with E-state index in [0.717, 1.165) is 34.6 Å². The quantitative estimate of drug-likeness (QED) is 0.706. The van der Waals surface area contributed by atoms with E-state index < -0.39 is 6.10 Å². The van der Waals surface area contributed by atoms with Gasteiger partial charge in [0.15, 0.2) is 0 Å². The summed E-state index contributed by atoms with van der Waals surface area (Å²) in [7, 11) is 0. The Hall–Kier alpha value is -2.33. The predicted octanol–water partition coefficient (Wildman–Crippen LogP) is 4.26. The molecule has 0 aliphatic rings. The van der Waals surface area contributed by atoms with Gasteiger partial charge in [0.05, 0.1) is 17.6 Å². The molecule has 3 aromatic rings. The Labute approximate surface area is 142 Å². The van der Waals surface area contributed by atoms with E-state index in [-0.39, 0.29) is 0 Å². The van der Waals surface area contributed by atoms with Gasteiger partial charge in [-0.25, -0.2) is 4.98 Å². The van der Waals surface area contributed by atoms with Crippen LogP contribution in [0.2, 0.25) is 0 Å². The first-order valence-corrected chi connectivity index (χ1v) is 8.52. The van der Waals surface area contributed by atoms with Crippen molar-refractivity contribution in [1.82, 2.24) is 9.55 Å². The average molecular weight is 324 g/mol. The normalized spacial score (nSPS) is 12.5. The predicted molar refractivity (Wildman–Crippen MR) is 96.3 cm³/mol. The molecule has 0 saturated heterocycles. The Morgan fingerprint density at radius 1 is 1.12 bits per heavy atom. The van der Waals surface area contributed by atoms with Crippen molar-refractivity contribution in [2.75, 3.05) is 6.61 Å². The molecule has 3 rings (SSSR count). The van der Waals surface area contributed by atoms with Crippen molar-refractivity contribution in [1.29, 1.82) is 0 Å². The van der Waals surface area contributed by atoms with Crippen LogP contribution in [0.25, 0.3) is 11.0 Å². The van der Waals surface area contributed by atoms with Gasteiger partial charge in [0.25, 0.3) is 0 Å². The highest BCUT2D eigenvalue weighted by molar-refractivity contribution is 5.76. The van der Waals surface area contributed by atoms with Gasteiger partial charge in [-0.1, -0.05) is 43.7 Å². The van der Waals surface area contributed by atoms with Gasteiger partial charge in [0.1, 0.15) is 24.3 Å². The lowest BCUT2D eigenvalue weighted by Gasteiger charge is -2.14. The van der Waals surface area contributed by atoms with Crippen molar-refractivity contribution in [3.63, 3.8) is 0 Å². The summed E-state index contributed by atoms with van der Waals surface area (Å²) < 4.78 is 8.00. The minimum Gasteiger partial charge on any atom is -0.491 e. The highest BCUT2D eigenvalue weighted by Gasteiger charge is 2.17. The number of aliphatic hydroxyl groups excluding tert-OH is 1. The standard InChI is InChI=1S/C20H24N2O2/c1-3-8-18(23)20-21-16-10-5-6-11-17(16)22(20)13-14-24-19-12-7-4-9-15(19)2/h4-7,9-12,18,23H,3,8,13-14H2,1-2H3/t18-/m1/s1. The van der Waals surface area contributed by atoms with Crippen molar-refractivity contribution < 1.29 is 9.84 Å². The monoisotopic (exact) mass is 324 g/mol. The number of aliphatic hydroxyl groups is 1. The zero-order valence-electron chi connectivity index (χ0n) is 14.3. The Kier molecular flexibility index (Phi) is 5.16. The van der Waals surface area contributed by atoms with E-state index in [2.05, 4.69) is 16.5 Å². The molecule has 0 bridgehead atoms. The Morgan fingerprint density at radius 2 is 1.88 bits per heavy atom. The minimum atomic E-state index is -0.541. The lowest BCUT2D eigenvalue weighted by atomic mass is 10.2. The fraction of sp³-hybridized carbons (Fsp3) is 0.350. The fourth-order valence-corrected chi connectivity index (χ4v) is 2.95. The van der Waals surface area contributed by atoms with Gasteiger partial charge in [-0.3, -0.25) is 0 Å². The zero-order chi connectivity index (χ0) is 16.9. The van der Waals surface area contributed by atoms with Crippen LogP contribution in [0.15, 0.2) is 48.5 Å². The zero-order valence-corrected chi connectivity index (χ0v) is 14.3. The first-order valence-electron chi connectivity index (χ1n) is 8.52. The molecular weight excluding hydrogens is 300 g/mol. The summed E-state index contributed by atoms with van der Waals surface area (Å²) in [6, 6.07) is 16.0. The van der Waals surface area contributed by atoms with Crippen LogP contribution >= 0.6 is 0 Å². The highest BCUT2D eigenvalue weighted by Crippen LogP contribution is 2.24. The molecule has 2 aromatic carbocycles. The van der Waals surface area contributed by atoms with Gasteiger partial charge in [0.2, 0.25) is 0 Å². The molecule has 0 unspecified atom stereocenters. The van der Waals surface area contributed by atoms with Crippen molar-refractivity contribution in [2.45, 2.75) is 39.3 Å². The number of benzene rings is 2. The van der Waals surface area contributed by atoms with Crippen LogP contribution in [0.5, 0.6) is 5.75 Å². The van der Waals surface area contributed by atoms with E-state index in [9.17, 15) is 5.11 Å². The third-order valence-electron chi connectivity index (χ3n) is 4.21. The highest BCUT2D eigenvalue weighted by atomic mass is 16.5. The smallest absolute Gasteiger partial charge is 0.138 e. The van der Waals surface area contributed by atoms with Gasteiger partial charge in [0, 0.05) is 0 Å². The second-order valence-corrected chi connectivity index (χ2v) is 6.03. The molecule has 4 heteroatoms. The molecule has 1 atom stereocenters. The number of aromatic nitrogens is 2. The number of rotatable bonds is 7. The summed E-state index contributed by atoms with van der Waals surface area (Å²) in [5.74, 6) is 1.63. The Balaban J connectivity index is 1.82. The first-order chi connectivity index (χ1) is 11.7. The molecule has 1 aromatic heterocycles. The molecule has 0 fully saturated rings. The summed E-state index contributed by atoms with van der Waals surface area (Å²) in [6.07, 6.45) is 1.09. The maximum atomic E-state index is 10.4. The van der Waals surface area contributed by atoms with Crippen LogP contribution in [-0.2, 0) is 6.54 Å². The molecule has 0 saturated carbocycles. The molecule has 0 radical (unpaired) electrons. The van der Waals surface area contributed by atoms with Gasteiger partial charge >= 0.3 is 0 Å². The van der Waals surface area contributed by atoms with Crippen LogP contribution in [0.1, 0.15) is 37.3 Å². The second kappa shape index (κ2) is 7.49. The maximum absolute atomic E-state index is 10.4. The number of ether oxygens (including phenoxy) is 1. The fourth-order valence-electron chi connectivity index (χ4n) is 2.95. The number of hydrogen-bond donors (Lipinski definition) is 1. The third-order valence-corrected chi connectivity index (χ3v) is 4.21. The number of nitrogens with zero attached hydrogens (tertiary/aromatic N) is 2. The molecule has 0 aliphatic heterocycles. The molecule has 1 N–H and O–H groups in total. The van der Waals surface area contributed by atoms with Crippen LogP contribution in [0, 0.1) is 6.92 Å². The van der Waals surface area contributed by atoms with Crippen molar-refractivity contribution in [2.24, 2.45) is 0 Å². The van der Waals surface area contributed by atoms with Crippen molar-refractivity contribution >= 4 is 11.0 Å². The van der Waals surface area contributed by atoms with Crippen LogP contribution in [0.3, 0.4) is 0 Å². The SMILES string of the molecule is CCC[C@@H](O)c1nc2ccccc2n1CCOc1ccccc1C. The Morgan fingerprint density at radius 3 is 2.67 bits per heavy atom. The average Bonchev–Trinajstić information content (AvgIpc) is 2.96. The largest absolute Gasteiger partial charge is 0.491 e. The summed E-state index contributed by atoms with van der Waals surface area (Å²) in [4.78, 5) is 4.63. The van der Waals surface area contributed by atoms with Gasteiger partial charge in [-0.05, 0) is 37.1 Å². The van der Waals surface area contributed by atoms with E-state index in [1.165, 1.54) is 0 Å². The molecule has 126 valence electrons.